The van der Waals surface area contributed by atoms with E-state index in [1.807, 2.05) is 6.92 Å². The van der Waals surface area contributed by atoms with Crippen LogP contribution in [0.2, 0.25) is 0 Å². The first kappa shape index (κ1) is 12.9. The fraction of sp³-hybridized carbons (Fsp3) is 0.900. The minimum Gasteiger partial charge on any atom is -0.446 e. The van der Waals surface area contributed by atoms with Crippen molar-refractivity contribution in [2.24, 2.45) is 0 Å². The lowest BCUT2D eigenvalue weighted by Gasteiger charge is -2.32. The molecule has 0 spiro atoms. The standard InChI is InChI=1S/C10H18BrNO3/c1-8(12-4-6-14-7-5-12)15-9(13)10(2,3)11/h8H,4-7H2,1-3H3. The van der Waals surface area contributed by atoms with Gasteiger partial charge in [-0.15, -0.1) is 0 Å². The number of esters is 1. The molecule has 1 aliphatic rings. The number of hydrogen-bond donors (Lipinski definition) is 0. The molecule has 0 saturated carbocycles. The second kappa shape index (κ2) is 5.27. The molecule has 1 fully saturated rings. The summed E-state index contributed by atoms with van der Waals surface area (Å²) in [6.45, 7) is 8.50. The lowest BCUT2D eigenvalue weighted by molar-refractivity contribution is -0.163. The maximum Gasteiger partial charge on any atom is 0.323 e. The molecule has 15 heavy (non-hydrogen) atoms. The van der Waals surface area contributed by atoms with Gasteiger partial charge in [-0.05, 0) is 20.8 Å². The average molecular weight is 280 g/mol. The van der Waals surface area contributed by atoms with Crippen molar-refractivity contribution >= 4 is 21.9 Å². The average Bonchev–Trinajstić information content (AvgIpc) is 2.17. The highest BCUT2D eigenvalue weighted by Crippen LogP contribution is 2.19. The molecule has 0 N–H and O–H groups in total. The summed E-state index contributed by atoms with van der Waals surface area (Å²) in [7, 11) is 0. The number of morpholine rings is 1. The smallest absolute Gasteiger partial charge is 0.323 e. The Morgan fingerprint density at radius 2 is 2.00 bits per heavy atom. The third kappa shape index (κ3) is 4.09. The van der Waals surface area contributed by atoms with Crippen LogP contribution in [0.25, 0.3) is 0 Å². The molecule has 1 atom stereocenters. The molecular formula is C10H18BrNO3. The summed E-state index contributed by atoms with van der Waals surface area (Å²) in [6.07, 6.45) is -0.182. The van der Waals surface area contributed by atoms with Crippen LogP contribution in [0.3, 0.4) is 0 Å². The van der Waals surface area contributed by atoms with Crippen LogP contribution in [0.4, 0.5) is 0 Å². The van der Waals surface area contributed by atoms with Crippen molar-refractivity contribution < 1.29 is 14.3 Å². The number of rotatable bonds is 3. The maximum atomic E-state index is 11.6. The molecule has 1 unspecified atom stereocenters. The predicted octanol–water partition coefficient (Wildman–Crippen LogP) is 1.38. The van der Waals surface area contributed by atoms with E-state index in [0.29, 0.717) is 13.2 Å². The van der Waals surface area contributed by atoms with Gasteiger partial charge in [-0.25, -0.2) is 0 Å². The number of halogens is 1. The van der Waals surface area contributed by atoms with E-state index >= 15 is 0 Å². The fourth-order valence-electron chi connectivity index (χ4n) is 1.31. The Labute approximate surface area is 99.0 Å². The molecule has 1 aliphatic heterocycles. The Kier molecular flexibility index (Phi) is 4.55. The molecule has 1 saturated heterocycles. The summed E-state index contributed by atoms with van der Waals surface area (Å²) in [5, 5.41) is 0. The van der Waals surface area contributed by atoms with E-state index in [1.165, 1.54) is 0 Å². The first-order valence-corrected chi connectivity index (χ1v) is 5.92. The normalized spacial score (nSPS) is 21.1. The molecule has 0 aromatic heterocycles. The van der Waals surface area contributed by atoms with Crippen LogP contribution < -0.4 is 0 Å². The Balaban J connectivity index is 2.40. The summed E-state index contributed by atoms with van der Waals surface area (Å²) in [6, 6.07) is 0. The number of ether oxygens (including phenoxy) is 2. The highest BCUT2D eigenvalue weighted by Gasteiger charge is 2.29. The number of hydrogen-bond acceptors (Lipinski definition) is 4. The second-order valence-corrected chi connectivity index (χ2v) is 6.11. The van der Waals surface area contributed by atoms with Crippen LogP contribution >= 0.6 is 15.9 Å². The van der Waals surface area contributed by atoms with Gasteiger partial charge in [0.2, 0.25) is 0 Å². The number of alkyl halides is 1. The van der Waals surface area contributed by atoms with Crippen LogP contribution in [0, 0.1) is 0 Å². The molecule has 1 rings (SSSR count). The Morgan fingerprint density at radius 1 is 1.47 bits per heavy atom. The molecular weight excluding hydrogens is 262 g/mol. The van der Waals surface area contributed by atoms with Crippen molar-refractivity contribution in [2.45, 2.75) is 31.3 Å². The summed E-state index contributed by atoms with van der Waals surface area (Å²) in [4.78, 5) is 13.7. The highest BCUT2D eigenvalue weighted by atomic mass is 79.9. The van der Waals surface area contributed by atoms with Crippen molar-refractivity contribution in [1.82, 2.24) is 4.90 Å². The van der Waals surface area contributed by atoms with E-state index in [4.69, 9.17) is 9.47 Å². The summed E-state index contributed by atoms with van der Waals surface area (Å²) in [5.74, 6) is -0.235. The third-order valence-electron chi connectivity index (χ3n) is 2.32. The largest absolute Gasteiger partial charge is 0.446 e. The number of carbonyl (C=O) groups excluding carboxylic acids is 1. The van der Waals surface area contributed by atoms with Crippen LogP contribution in [-0.4, -0.2) is 47.7 Å². The van der Waals surface area contributed by atoms with Crippen LogP contribution in [0.5, 0.6) is 0 Å². The lowest BCUT2D eigenvalue weighted by atomic mass is 10.2. The van der Waals surface area contributed by atoms with E-state index in [9.17, 15) is 4.79 Å². The van der Waals surface area contributed by atoms with E-state index in [2.05, 4.69) is 20.8 Å². The molecule has 0 radical (unpaired) electrons. The van der Waals surface area contributed by atoms with Gasteiger partial charge in [0.25, 0.3) is 0 Å². The van der Waals surface area contributed by atoms with Gasteiger partial charge in [0, 0.05) is 13.1 Å². The van der Waals surface area contributed by atoms with E-state index < -0.39 is 4.32 Å². The Morgan fingerprint density at radius 3 is 2.47 bits per heavy atom. The van der Waals surface area contributed by atoms with Crippen LogP contribution in [0.1, 0.15) is 20.8 Å². The van der Waals surface area contributed by atoms with Gasteiger partial charge in [0.05, 0.1) is 13.2 Å². The topological polar surface area (TPSA) is 38.8 Å². The van der Waals surface area contributed by atoms with Gasteiger partial charge >= 0.3 is 5.97 Å². The highest BCUT2D eigenvalue weighted by molar-refractivity contribution is 9.10. The molecule has 0 bridgehead atoms. The molecule has 0 aromatic carbocycles. The molecule has 0 aliphatic carbocycles. The number of carbonyl (C=O) groups is 1. The first-order chi connectivity index (χ1) is 6.91. The SMILES string of the molecule is CC(OC(=O)C(C)(C)Br)N1CCOCC1. The monoisotopic (exact) mass is 279 g/mol. The van der Waals surface area contributed by atoms with Crippen LogP contribution in [-0.2, 0) is 14.3 Å². The van der Waals surface area contributed by atoms with Gasteiger partial charge in [0.1, 0.15) is 4.32 Å². The maximum absolute atomic E-state index is 11.6. The number of nitrogens with zero attached hydrogens (tertiary/aromatic N) is 1. The molecule has 0 aromatic rings. The summed E-state index contributed by atoms with van der Waals surface area (Å²) in [5.41, 5.74) is 0. The van der Waals surface area contributed by atoms with Crippen molar-refractivity contribution in [3.8, 4) is 0 Å². The fourth-order valence-corrected chi connectivity index (χ4v) is 1.40. The van der Waals surface area contributed by atoms with E-state index in [-0.39, 0.29) is 12.2 Å². The molecule has 1 heterocycles. The quantitative estimate of drug-likeness (QED) is 0.578. The third-order valence-corrected chi connectivity index (χ3v) is 2.65. The van der Waals surface area contributed by atoms with Gasteiger partial charge < -0.3 is 9.47 Å². The first-order valence-electron chi connectivity index (χ1n) is 5.13. The van der Waals surface area contributed by atoms with Gasteiger partial charge in [-0.2, -0.15) is 0 Å². The second-order valence-electron chi connectivity index (χ2n) is 4.13. The van der Waals surface area contributed by atoms with E-state index in [1.54, 1.807) is 13.8 Å². The van der Waals surface area contributed by atoms with Gasteiger partial charge in [0.15, 0.2) is 6.23 Å². The van der Waals surface area contributed by atoms with Gasteiger partial charge in [-0.3, -0.25) is 9.69 Å². The molecule has 88 valence electrons. The zero-order valence-corrected chi connectivity index (χ0v) is 11.0. The predicted molar refractivity (Wildman–Crippen MR) is 61.0 cm³/mol. The van der Waals surface area contributed by atoms with E-state index in [0.717, 1.165) is 13.1 Å². The van der Waals surface area contributed by atoms with Gasteiger partial charge in [-0.1, -0.05) is 15.9 Å². The lowest BCUT2D eigenvalue weighted by Crippen LogP contribution is -2.45. The van der Waals surface area contributed by atoms with Crippen molar-refractivity contribution in [3.63, 3.8) is 0 Å². The van der Waals surface area contributed by atoms with Crippen molar-refractivity contribution in [1.29, 1.82) is 0 Å². The molecule has 5 heteroatoms. The summed E-state index contributed by atoms with van der Waals surface area (Å²) < 4.78 is 9.95. The summed E-state index contributed by atoms with van der Waals surface area (Å²) >= 11 is 3.28. The van der Waals surface area contributed by atoms with Crippen molar-refractivity contribution in [3.05, 3.63) is 0 Å². The van der Waals surface area contributed by atoms with Crippen LogP contribution in [0.15, 0.2) is 0 Å². The molecule has 0 amide bonds. The Bertz CT molecular complexity index is 221. The Hall–Kier alpha value is -0.130. The zero-order chi connectivity index (χ0) is 11.5. The minimum atomic E-state index is -0.618. The molecule has 4 nitrogen and oxygen atoms in total. The van der Waals surface area contributed by atoms with Crippen molar-refractivity contribution in [2.75, 3.05) is 26.3 Å². The minimum absolute atomic E-state index is 0.182. The zero-order valence-electron chi connectivity index (χ0n) is 9.46.